The first-order chi connectivity index (χ1) is 7.27. The van der Waals surface area contributed by atoms with Crippen molar-refractivity contribution in [1.29, 1.82) is 0 Å². The van der Waals surface area contributed by atoms with Crippen molar-refractivity contribution in [3.8, 4) is 0 Å². The highest BCUT2D eigenvalue weighted by molar-refractivity contribution is 7.99. The topological polar surface area (TPSA) is 29.9 Å². The molecule has 2 unspecified atom stereocenters. The molecule has 1 aromatic rings. The number of aromatic nitrogens is 2. The molecule has 1 aromatic heterocycles. The van der Waals surface area contributed by atoms with Gasteiger partial charge in [-0.25, -0.2) is 0 Å². The van der Waals surface area contributed by atoms with Crippen LogP contribution in [0.15, 0.2) is 12.3 Å². The molecule has 1 aliphatic rings. The van der Waals surface area contributed by atoms with Gasteiger partial charge in [0, 0.05) is 19.3 Å². The number of aryl methyl sites for hydroxylation is 1. The van der Waals surface area contributed by atoms with E-state index in [1.807, 2.05) is 17.9 Å². The highest BCUT2D eigenvalue weighted by atomic mass is 32.2. The molecular formula is C11H19N3S. The molecule has 1 fully saturated rings. The van der Waals surface area contributed by atoms with E-state index in [0.717, 1.165) is 12.5 Å². The number of nitrogens with one attached hydrogen (secondary N) is 1. The van der Waals surface area contributed by atoms with Crippen molar-refractivity contribution >= 4 is 11.8 Å². The zero-order valence-electron chi connectivity index (χ0n) is 9.44. The van der Waals surface area contributed by atoms with Crippen molar-refractivity contribution in [2.45, 2.75) is 19.4 Å². The van der Waals surface area contributed by atoms with Gasteiger partial charge in [0.15, 0.2) is 0 Å². The van der Waals surface area contributed by atoms with E-state index in [1.165, 1.54) is 23.6 Å². The first-order valence-corrected chi connectivity index (χ1v) is 6.72. The van der Waals surface area contributed by atoms with Crippen molar-refractivity contribution in [1.82, 2.24) is 15.1 Å². The van der Waals surface area contributed by atoms with Crippen LogP contribution in [0.2, 0.25) is 0 Å². The Hall–Kier alpha value is -0.480. The molecule has 2 atom stereocenters. The third-order valence-corrected chi connectivity index (χ3v) is 4.27. The van der Waals surface area contributed by atoms with E-state index in [1.54, 1.807) is 0 Å². The summed E-state index contributed by atoms with van der Waals surface area (Å²) in [6.07, 6.45) is 3.23. The summed E-state index contributed by atoms with van der Waals surface area (Å²) in [6, 6.07) is 2.49. The summed E-state index contributed by atoms with van der Waals surface area (Å²) in [6.45, 7) is 3.35. The molecule has 84 valence electrons. The minimum atomic E-state index is 0.406. The normalized spacial score (nSPS) is 23.2. The fourth-order valence-electron chi connectivity index (χ4n) is 2.00. The van der Waals surface area contributed by atoms with Crippen LogP contribution in [0.25, 0.3) is 0 Å². The van der Waals surface area contributed by atoms with Gasteiger partial charge < -0.3 is 5.32 Å². The third kappa shape index (κ3) is 2.75. The number of hydrogen-bond donors (Lipinski definition) is 1. The summed E-state index contributed by atoms with van der Waals surface area (Å²) >= 11 is 2.08. The Bertz CT molecular complexity index is 305. The summed E-state index contributed by atoms with van der Waals surface area (Å²) < 4.78 is 1.95. The number of rotatable bonds is 4. The second kappa shape index (κ2) is 5.03. The van der Waals surface area contributed by atoms with E-state index >= 15 is 0 Å². The van der Waals surface area contributed by atoms with E-state index in [-0.39, 0.29) is 0 Å². The summed E-state index contributed by atoms with van der Waals surface area (Å²) in [5, 5.41) is 7.78. The van der Waals surface area contributed by atoms with Gasteiger partial charge in [0.1, 0.15) is 0 Å². The van der Waals surface area contributed by atoms with E-state index in [2.05, 4.69) is 35.2 Å². The van der Waals surface area contributed by atoms with Crippen LogP contribution in [-0.2, 0) is 7.05 Å². The second-order valence-electron chi connectivity index (χ2n) is 4.24. The second-order valence-corrected chi connectivity index (χ2v) is 5.39. The van der Waals surface area contributed by atoms with Gasteiger partial charge in [-0.3, -0.25) is 4.68 Å². The lowest BCUT2D eigenvalue weighted by Gasteiger charge is -2.16. The Labute approximate surface area is 95.6 Å². The Balaban J connectivity index is 1.81. The van der Waals surface area contributed by atoms with Gasteiger partial charge in [-0.05, 0) is 43.4 Å². The molecule has 2 heterocycles. The van der Waals surface area contributed by atoms with E-state index < -0.39 is 0 Å². The minimum Gasteiger partial charge on any atom is -0.309 e. The van der Waals surface area contributed by atoms with Crippen molar-refractivity contribution in [2.24, 2.45) is 13.0 Å². The predicted molar refractivity (Wildman–Crippen MR) is 65.1 cm³/mol. The number of nitrogens with zero attached hydrogens (tertiary/aromatic N) is 2. The predicted octanol–water partition coefficient (Wildman–Crippen LogP) is 1.82. The highest BCUT2D eigenvalue weighted by Crippen LogP contribution is 2.23. The lowest BCUT2D eigenvalue weighted by molar-refractivity contribution is 0.460. The SMILES string of the molecule is CC(NCC1CCSC1)c1ccnn1C. The Morgan fingerprint density at radius 1 is 1.73 bits per heavy atom. The smallest absolute Gasteiger partial charge is 0.0547 e. The van der Waals surface area contributed by atoms with Crippen molar-refractivity contribution in [3.63, 3.8) is 0 Å². The Morgan fingerprint density at radius 3 is 3.20 bits per heavy atom. The number of thioether (sulfide) groups is 1. The average Bonchev–Trinajstić information content (AvgIpc) is 2.84. The van der Waals surface area contributed by atoms with Gasteiger partial charge >= 0.3 is 0 Å². The van der Waals surface area contributed by atoms with Crippen LogP contribution in [0.3, 0.4) is 0 Å². The zero-order valence-corrected chi connectivity index (χ0v) is 10.3. The lowest BCUT2D eigenvalue weighted by atomic mass is 10.1. The maximum Gasteiger partial charge on any atom is 0.0547 e. The first-order valence-electron chi connectivity index (χ1n) is 5.56. The molecule has 3 nitrogen and oxygen atoms in total. The van der Waals surface area contributed by atoms with E-state index in [0.29, 0.717) is 6.04 Å². The van der Waals surface area contributed by atoms with Gasteiger partial charge in [-0.2, -0.15) is 16.9 Å². The summed E-state index contributed by atoms with van der Waals surface area (Å²) in [7, 11) is 2.00. The van der Waals surface area contributed by atoms with Crippen molar-refractivity contribution < 1.29 is 0 Å². The van der Waals surface area contributed by atoms with Gasteiger partial charge in [-0.1, -0.05) is 0 Å². The van der Waals surface area contributed by atoms with Gasteiger partial charge in [0.25, 0.3) is 0 Å². The quantitative estimate of drug-likeness (QED) is 0.848. The zero-order chi connectivity index (χ0) is 10.7. The van der Waals surface area contributed by atoms with E-state index in [4.69, 9.17) is 0 Å². The molecule has 0 bridgehead atoms. The van der Waals surface area contributed by atoms with Crippen LogP contribution in [0.4, 0.5) is 0 Å². The molecule has 1 saturated heterocycles. The van der Waals surface area contributed by atoms with Crippen LogP contribution in [0.1, 0.15) is 25.1 Å². The van der Waals surface area contributed by atoms with Crippen LogP contribution in [0, 0.1) is 5.92 Å². The third-order valence-electron chi connectivity index (χ3n) is 3.04. The molecule has 0 radical (unpaired) electrons. The van der Waals surface area contributed by atoms with Crippen LogP contribution < -0.4 is 5.32 Å². The fraction of sp³-hybridized carbons (Fsp3) is 0.727. The van der Waals surface area contributed by atoms with Crippen LogP contribution in [0.5, 0.6) is 0 Å². The lowest BCUT2D eigenvalue weighted by Crippen LogP contribution is -2.27. The monoisotopic (exact) mass is 225 g/mol. The summed E-state index contributed by atoms with van der Waals surface area (Å²) in [5.41, 5.74) is 1.26. The maximum absolute atomic E-state index is 4.19. The van der Waals surface area contributed by atoms with Gasteiger partial charge in [0.2, 0.25) is 0 Å². The molecule has 0 amide bonds. The number of hydrogen-bond acceptors (Lipinski definition) is 3. The molecule has 0 spiro atoms. The molecule has 0 saturated carbocycles. The molecular weight excluding hydrogens is 206 g/mol. The standard InChI is InChI=1S/C11H19N3S/c1-9(11-3-5-13-14(11)2)12-7-10-4-6-15-8-10/h3,5,9-10,12H,4,6-8H2,1-2H3. The van der Waals surface area contributed by atoms with Crippen LogP contribution in [-0.4, -0.2) is 27.8 Å². The first kappa shape index (κ1) is 11.0. The Morgan fingerprint density at radius 2 is 2.60 bits per heavy atom. The van der Waals surface area contributed by atoms with E-state index in [9.17, 15) is 0 Å². The molecule has 0 aliphatic carbocycles. The van der Waals surface area contributed by atoms with Gasteiger partial charge in [-0.15, -0.1) is 0 Å². The van der Waals surface area contributed by atoms with Gasteiger partial charge in [0.05, 0.1) is 5.69 Å². The molecule has 4 heteroatoms. The molecule has 15 heavy (non-hydrogen) atoms. The van der Waals surface area contributed by atoms with Crippen LogP contribution >= 0.6 is 11.8 Å². The maximum atomic E-state index is 4.19. The molecule has 0 aromatic carbocycles. The minimum absolute atomic E-state index is 0.406. The molecule has 1 N–H and O–H groups in total. The Kier molecular flexibility index (Phi) is 3.70. The summed E-state index contributed by atoms with van der Waals surface area (Å²) in [5.74, 6) is 3.53. The van der Waals surface area contributed by atoms with Crippen molar-refractivity contribution in [2.75, 3.05) is 18.1 Å². The average molecular weight is 225 g/mol. The summed E-state index contributed by atoms with van der Waals surface area (Å²) in [4.78, 5) is 0. The largest absolute Gasteiger partial charge is 0.309 e. The molecule has 1 aliphatic heterocycles. The molecule has 2 rings (SSSR count). The fourth-order valence-corrected chi connectivity index (χ4v) is 3.29. The highest BCUT2D eigenvalue weighted by Gasteiger charge is 2.17. The van der Waals surface area contributed by atoms with Crippen molar-refractivity contribution in [3.05, 3.63) is 18.0 Å².